The van der Waals surface area contributed by atoms with E-state index in [4.69, 9.17) is 5.73 Å². The van der Waals surface area contributed by atoms with E-state index in [1.807, 2.05) is 6.92 Å². The van der Waals surface area contributed by atoms with Gasteiger partial charge in [-0.2, -0.15) is 0 Å². The quantitative estimate of drug-likeness (QED) is 0.530. The summed E-state index contributed by atoms with van der Waals surface area (Å²) in [6.07, 6.45) is 14.8. The lowest BCUT2D eigenvalue weighted by atomic mass is 9.70. The molecule has 34 heavy (non-hydrogen) atoms. The van der Waals surface area contributed by atoms with Gasteiger partial charge >= 0.3 is 0 Å². The third kappa shape index (κ3) is 6.60. The maximum atomic E-state index is 4.85. The van der Waals surface area contributed by atoms with Crippen LogP contribution in [0.25, 0.3) is 0 Å². The molecule has 2 aliphatic heterocycles. The molecular formula is C30H50N4. The molecular weight excluding hydrogens is 416 g/mol. The van der Waals surface area contributed by atoms with Gasteiger partial charge in [0.1, 0.15) is 0 Å². The van der Waals surface area contributed by atoms with Crippen LogP contribution in [0.1, 0.15) is 88.7 Å². The summed E-state index contributed by atoms with van der Waals surface area (Å²) in [5, 5.41) is 2.68. The number of nitrogens with two attached hydrogens (primary N) is 1. The number of hydrogen-bond donors (Lipinski definition) is 2. The smallest absolute Gasteiger partial charge is 0.0356 e. The number of fused-ring (bicyclic) bond motifs is 2. The van der Waals surface area contributed by atoms with Crippen LogP contribution in [0.3, 0.4) is 0 Å². The fraction of sp³-hybridized carbons (Fsp3) is 0.667. The lowest BCUT2D eigenvalue weighted by Gasteiger charge is -2.48. The lowest BCUT2D eigenvalue weighted by molar-refractivity contribution is 0.0357. The molecule has 4 heteroatoms. The first-order valence-electron chi connectivity index (χ1n) is 13.8. The zero-order valence-corrected chi connectivity index (χ0v) is 21.9. The molecule has 1 unspecified atom stereocenters. The summed E-state index contributed by atoms with van der Waals surface area (Å²) < 4.78 is 0. The highest BCUT2D eigenvalue weighted by molar-refractivity contribution is 5.36. The topological polar surface area (TPSA) is 44.5 Å². The van der Waals surface area contributed by atoms with Crippen LogP contribution in [0.2, 0.25) is 0 Å². The van der Waals surface area contributed by atoms with Crippen LogP contribution in [0.5, 0.6) is 0 Å². The van der Waals surface area contributed by atoms with Crippen molar-refractivity contribution in [2.75, 3.05) is 26.2 Å². The highest BCUT2D eigenvalue weighted by Crippen LogP contribution is 2.42. The maximum absolute atomic E-state index is 4.85. The van der Waals surface area contributed by atoms with Gasteiger partial charge in [0.05, 0.1) is 0 Å². The Hall–Kier alpha value is -1.46. The molecule has 1 aromatic rings. The van der Waals surface area contributed by atoms with Gasteiger partial charge < -0.3 is 10.6 Å². The molecule has 4 aliphatic rings. The van der Waals surface area contributed by atoms with E-state index in [1.54, 1.807) is 5.56 Å². The van der Waals surface area contributed by atoms with Crippen molar-refractivity contribution in [2.24, 2.45) is 5.73 Å². The summed E-state index contributed by atoms with van der Waals surface area (Å²) in [4.78, 5) is 2.81. The van der Waals surface area contributed by atoms with Crippen molar-refractivity contribution in [3.8, 4) is 0 Å². The van der Waals surface area contributed by atoms with Crippen LogP contribution < -0.4 is 11.2 Å². The average Bonchev–Trinajstić information content (AvgIpc) is 3.04. The van der Waals surface area contributed by atoms with Gasteiger partial charge in [-0.05, 0) is 82.1 Å². The molecule has 2 saturated carbocycles. The van der Waals surface area contributed by atoms with Crippen LogP contribution in [0.15, 0.2) is 49.6 Å². The Morgan fingerprint density at radius 1 is 1.00 bits per heavy atom. The van der Waals surface area contributed by atoms with E-state index in [-0.39, 0.29) is 0 Å². The normalized spacial score (nSPS) is 25.8. The number of piperidine rings is 1. The predicted molar refractivity (Wildman–Crippen MR) is 147 cm³/mol. The van der Waals surface area contributed by atoms with Crippen molar-refractivity contribution < 1.29 is 0 Å². The van der Waals surface area contributed by atoms with Crippen LogP contribution in [0, 0.1) is 0 Å². The SMILES string of the molecule is C=C.C=C1CCCC(N2CCC3(CC2)CN(C2CCCCC2)NCc2ccccc23)C1.CCN. The van der Waals surface area contributed by atoms with E-state index in [0.717, 1.165) is 25.2 Å². The number of benzene rings is 1. The van der Waals surface area contributed by atoms with E-state index in [1.165, 1.54) is 101 Å². The summed E-state index contributed by atoms with van der Waals surface area (Å²) in [6.45, 7) is 17.7. The third-order valence-electron chi connectivity index (χ3n) is 8.41. The highest BCUT2D eigenvalue weighted by Gasteiger charge is 2.43. The van der Waals surface area contributed by atoms with Crippen LogP contribution in [0.4, 0.5) is 0 Å². The summed E-state index contributed by atoms with van der Waals surface area (Å²) in [6, 6.07) is 10.8. The van der Waals surface area contributed by atoms with Gasteiger partial charge in [-0.15, -0.1) is 13.2 Å². The summed E-state index contributed by atoms with van der Waals surface area (Å²) >= 11 is 0. The Labute approximate surface area is 209 Å². The van der Waals surface area contributed by atoms with Crippen LogP contribution in [-0.4, -0.2) is 48.2 Å². The molecule has 3 N–H and O–H groups in total. The Morgan fingerprint density at radius 2 is 1.65 bits per heavy atom. The van der Waals surface area contributed by atoms with E-state index in [9.17, 15) is 0 Å². The minimum absolute atomic E-state index is 0.319. The second-order valence-corrected chi connectivity index (χ2v) is 10.6. The molecule has 1 atom stereocenters. The second kappa shape index (κ2) is 13.6. The number of hydrazine groups is 1. The van der Waals surface area contributed by atoms with Crippen molar-refractivity contribution in [3.05, 3.63) is 60.7 Å². The minimum Gasteiger partial charge on any atom is -0.331 e. The molecule has 0 radical (unpaired) electrons. The highest BCUT2D eigenvalue weighted by atomic mass is 15.5. The Balaban J connectivity index is 0.000000603. The average molecular weight is 467 g/mol. The van der Waals surface area contributed by atoms with Gasteiger partial charge in [0.15, 0.2) is 0 Å². The number of hydrogen-bond acceptors (Lipinski definition) is 4. The number of nitrogens with one attached hydrogen (secondary N) is 1. The fourth-order valence-electron chi connectivity index (χ4n) is 6.68. The number of nitrogens with zero attached hydrogens (tertiary/aromatic N) is 2. The second-order valence-electron chi connectivity index (χ2n) is 10.6. The van der Waals surface area contributed by atoms with Gasteiger partial charge in [0.2, 0.25) is 0 Å². The van der Waals surface area contributed by atoms with E-state index in [2.05, 4.69) is 59.3 Å². The van der Waals surface area contributed by atoms with Gasteiger partial charge in [0, 0.05) is 30.6 Å². The summed E-state index contributed by atoms with van der Waals surface area (Å²) in [5.74, 6) is 0. The van der Waals surface area contributed by atoms with Crippen LogP contribution >= 0.6 is 0 Å². The molecule has 4 nitrogen and oxygen atoms in total. The molecule has 3 fully saturated rings. The largest absolute Gasteiger partial charge is 0.331 e. The maximum Gasteiger partial charge on any atom is 0.0356 e. The Morgan fingerprint density at radius 3 is 2.32 bits per heavy atom. The first-order chi connectivity index (χ1) is 16.6. The standard InChI is InChI=1S/C26H39N3.C2H7N.C2H4/c1-21-8-7-12-24(18-21)28-16-14-26(15-17-28)20-29(23-10-3-2-4-11-23)27-19-22-9-5-6-13-25(22)26;1-2-3;1-2/h5-6,9,13,23-24,27H,1-4,7-8,10-12,14-20H2;2-3H2,1H3;1-2H2. The number of rotatable bonds is 2. The molecule has 5 rings (SSSR count). The minimum atomic E-state index is 0.319. The molecule has 190 valence electrons. The van der Waals surface area contributed by atoms with Crippen molar-refractivity contribution >= 4 is 0 Å². The summed E-state index contributed by atoms with van der Waals surface area (Å²) in [5.41, 5.74) is 13.7. The van der Waals surface area contributed by atoms with Gasteiger partial charge in [-0.1, -0.05) is 62.6 Å². The van der Waals surface area contributed by atoms with Crippen molar-refractivity contribution in [1.82, 2.24) is 15.3 Å². The van der Waals surface area contributed by atoms with Crippen molar-refractivity contribution in [3.63, 3.8) is 0 Å². The zero-order valence-electron chi connectivity index (χ0n) is 21.9. The molecule has 1 saturated heterocycles. The van der Waals surface area contributed by atoms with Gasteiger partial charge in [-0.25, -0.2) is 5.01 Å². The fourth-order valence-corrected chi connectivity index (χ4v) is 6.68. The third-order valence-corrected chi connectivity index (χ3v) is 8.41. The monoisotopic (exact) mass is 466 g/mol. The van der Waals surface area contributed by atoms with Crippen LogP contribution in [-0.2, 0) is 12.0 Å². The molecule has 0 aromatic heterocycles. The molecule has 1 aromatic carbocycles. The zero-order chi connectivity index (χ0) is 24.4. The predicted octanol–water partition coefficient (Wildman–Crippen LogP) is 5.94. The molecule has 1 spiro atoms. The van der Waals surface area contributed by atoms with E-state index >= 15 is 0 Å². The van der Waals surface area contributed by atoms with Gasteiger partial charge in [0.25, 0.3) is 0 Å². The lowest BCUT2D eigenvalue weighted by Crippen LogP contribution is -2.55. The molecule has 0 amide bonds. The summed E-state index contributed by atoms with van der Waals surface area (Å²) in [7, 11) is 0. The van der Waals surface area contributed by atoms with Crippen molar-refractivity contribution in [2.45, 2.75) is 102 Å². The Kier molecular flexibility index (Phi) is 10.8. The first kappa shape index (κ1) is 27.1. The first-order valence-corrected chi connectivity index (χ1v) is 13.8. The number of likely N-dealkylation sites (tertiary alicyclic amines) is 1. The molecule has 0 bridgehead atoms. The van der Waals surface area contributed by atoms with E-state index < -0.39 is 0 Å². The molecule has 2 heterocycles. The van der Waals surface area contributed by atoms with Gasteiger partial charge in [-0.3, -0.25) is 5.43 Å². The van der Waals surface area contributed by atoms with E-state index in [0.29, 0.717) is 5.41 Å². The Bertz CT molecular complexity index is 746. The van der Waals surface area contributed by atoms with Crippen molar-refractivity contribution in [1.29, 1.82) is 0 Å². The molecule has 2 aliphatic carbocycles.